The van der Waals surface area contributed by atoms with Crippen LogP contribution in [0, 0.1) is 11.8 Å². The minimum absolute atomic E-state index is 0.263. The number of esters is 2. The van der Waals surface area contributed by atoms with Crippen molar-refractivity contribution < 1.29 is 33.3 Å². The lowest BCUT2D eigenvalue weighted by Crippen LogP contribution is -2.43. The average molecular weight is 458 g/mol. The van der Waals surface area contributed by atoms with Gasteiger partial charge in [-0.3, -0.25) is 9.59 Å². The van der Waals surface area contributed by atoms with Crippen LogP contribution in [0.15, 0.2) is 40.7 Å². The molecule has 8 nitrogen and oxygen atoms in total. The topological polar surface area (TPSA) is 100 Å². The van der Waals surface area contributed by atoms with Crippen LogP contribution in [0.5, 0.6) is 11.5 Å². The summed E-state index contributed by atoms with van der Waals surface area (Å²) in [4.78, 5) is 39.5. The van der Waals surface area contributed by atoms with E-state index in [1.54, 1.807) is 39.0 Å². The first kappa shape index (κ1) is 24.4. The number of rotatable bonds is 6. The molecule has 0 unspecified atom stereocenters. The molecule has 3 rings (SSSR count). The number of benzene rings is 1. The highest BCUT2D eigenvalue weighted by atomic mass is 16.5. The number of dihydropyridines is 1. The standard InChI is InChI=1S/C25H31NO7/c1-12(2)33-25(29)20-14(4)26-17-10-13(3)19(24(28)32-7)23(27)22(17)21(20)16-11-15(30-5)8-9-18(16)31-6/h8-9,11-13,19,21,26H,10H2,1-7H3/t13-,19+,21+/m1/s1. The molecule has 0 bridgehead atoms. The lowest BCUT2D eigenvalue weighted by atomic mass is 9.69. The lowest BCUT2D eigenvalue weighted by Gasteiger charge is -2.38. The molecule has 0 saturated carbocycles. The zero-order valence-corrected chi connectivity index (χ0v) is 20.1. The SMILES string of the molecule is COC(=O)[C@@H]1C(=O)C2=C(C[C@H]1C)NC(C)=C(C(=O)OC(C)C)[C@@H]2c1cc(OC)ccc1OC. The van der Waals surface area contributed by atoms with Gasteiger partial charge in [0.1, 0.15) is 17.4 Å². The van der Waals surface area contributed by atoms with E-state index >= 15 is 0 Å². The van der Waals surface area contributed by atoms with Crippen LogP contribution >= 0.6 is 0 Å². The van der Waals surface area contributed by atoms with Crippen molar-refractivity contribution >= 4 is 17.7 Å². The molecule has 0 amide bonds. The quantitative estimate of drug-likeness (QED) is 0.513. The summed E-state index contributed by atoms with van der Waals surface area (Å²) in [5, 5.41) is 3.24. The van der Waals surface area contributed by atoms with Gasteiger partial charge in [-0.2, -0.15) is 0 Å². The zero-order chi connectivity index (χ0) is 24.4. The molecule has 178 valence electrons. The summed E-state index contributed by atoms with van der Waals surface area (Å²) in [7, 11) is 4.32. The van der Waals surface area contributed by atoms with E-state index in [2.05, 4.69) is 5.32 Å². The average Bonchev–Trinajstić information content (AvgIpc) is 2.76. The Kier molecular flexibility index (Phi) is 7.15. The molecule has 0 saturated heterocycles. The number of hydrogen-bond acceptors (Lipinski definition) is 8. The predicted molar refractivity (Wildman–Crippen MR) is 121 cm³/mol. The van der Waals surface area contributed by atoms with E-state index in [1.165, 1.54) is 21.3 Å². The molecule has 1 aliphatic heterocycles. The third kappa shape index (κ3) is 4.47. The normalized spacial score (nSPS) is 22.5. The summed E-state index contributed by atoms with van der Waals surface area (Å²) in [6.45, 7) is 7.14. The van der Waals surface area contributed by atoms with Crippen LogP contribution in [0.2, 0.25) is 0 Å². The van der Waals surface area contributed by atoms with Gasteiger partial charge < -0.3 is 24.3 Å². The molecule has 1 N–H and O–H groups in total. The number of hydrogen-bond donors (Lipinski definition) is 1. The molecule has 1 aromatic carbocycles. The Balaban J connectivity index is 2.28. The summed E-state index contributed by atoms with van der Waals surface area (Å²) in [6.07, 6.45) is 0.0962. The minimum atomic E-state index is -0.963. The summed E-state index contributed by atoms with van der Waals surface area (Å²) in [5.74, 6) is -2.51. The van der Waals surface area contributed by atoms with Crippen molar-refractivity contribution in [2.24, 2.45) is 11.8 Å². The molecule has 0 aromatic heterocycles. The van der Waals surface area contributed by atoms with Gasteiger partial charge >= 0.3 is 11.9 Å². The largest absolute Gasteiger partial charge is 0.497 e. The van der Waals surface area contributed by atoms with E-state index in [0.717, 1.165) is 0 Å². The molecular formula is C25H31NO7. The highest BCUT2D eigenvalue weighted by Crippen LogP contribution is 2.48. The molecule has 1 aromatic rings. The summed E-state index contributed by atoms with van der Waals surface area (Å²) in [6, 6.07) is 5.21. The van der Waals surface area contributed by atoms with Gasteiger partial charge in [-0.15, -0.1) is 0 Å². The number of nitrogens with one attached hydrogen (secondary N) is 1. The first-order valence-corrected chi connectivity index (χ1v) is 10.9. The van der Waals surface area contributed by atoms with E-state index in [4.69, 9.17) is 18.9 Å². The van der Waals surface area contributed by atoms with Crippen molar-refractivity contribution in [1.29, 1.82) is 0 Å². The molecule has 1 heterocycles. The fourth-order valence-corrected chi connectivity index (χ4v) is 4.60. The van der Waals surface area contributed by atoms with Crippen LogP contribution in [-0.4, -0.2) is 45.2 Å². The molecule has 2 aliphatic rings. The van der Waals surface area contributed by atoms with Gasteiger partial charge in [-0.05, 0) is 51.3 Å². The van der Waals surface area contributed by atoms with Crippen LogP contribution in [0.1, 0.15) is 45.6 Å². The fourth-order valence-electron chi connectivity index (χ4n) is 4.60. The zero-order valence-electron chi connectivity index (χ0n) is 20.1. The van der Waals surface area contributed by atoms with Crippen molar-refractivity contribution in [3.8, 4) is 11.5 Å². The summed E-state index contributed by atoms with van der Waals surface area (Å²) < 4.78 is 21.5. The molecule has 8 heteroatoms. The Bertz CT molecular complexity index is 1040. The number of Topliss-reactive ketones (excluding diaryl/α,β-unsaturated/α-hetero) is 1. The number of carbonyl (C=O) groups excluding carboxylic acids is 3. The van der Waals surface area contributed by atoms with Gasteiger partial charge in [0.2, 0.25) is 0 Å². The van der Waals surface area contributed by atoms with Crippen molar-refractivity contribution in [3.05, 3.63) is 46.3 Å². The van der Waals surface area contributed by atoms with Crippen molar-refractivity contribution in [3.63, 3.8) is 0 Å². The molecule has 0 spiro atoms. The third-order valence-corrected chi connectivity index (χ3v) is 6.05. The molecule has 3 atom stereocenters. The van der Waals surface area contributed by atoms with Crippen molar-refractivity contribution in [2.75, 3.05) is 21.3 Å². The second kappa shape index (κ2) is 9.68. The number of methoxy groups -OCH3 is 3. The van der Waals surface area contributed by atoms with Crippen LogP contribution in [0.4, 0.5) is 0 Å². The van der Waals surface area contributed by atoms with Gasteiger partial charge in [-0.1, -0.05) is 6.92 Å². The van der Waals surface area contributed by atoms with E-state index in [0.29, 0.717) is 46.0 Å². The Morgan fingerprint density at radius 2 is 1.82 bits per heavy atom. The summed E-state index contributed by atoms with van der Waals surface area (Å²) >= 11 is 0. The van der Waals surface area contributed by atoms with Gasteiger partial charge in [-0.25, -0.2) is 4.79 Å². The van der Waals surface area contributed by atoms with Crippen molar-refractivity contribution in [2.45, 2.75) is 46.1 Å². The van der Waals surface area contributed by atoms with Gasteiger partial charge in [0, 0.05) is 22.5 Å². The molecular weight excluding hydrogens is 426 g/mol. The molecule has 0 radical (unpaired) electrons. The summed E-state index contributed by atoms with van der Waals surface area (Å²) in [5.41, 5.74) is 2.48. The Hall–Kier alpha value is -3.29. The van der Waals surface area contributed by atoms with E-state index in [-0.39, 0.29) is 17.8 Å². The first-order chi connectivity index (χ1) is 15.6. The molecule has 0 fully saturated rings. The smallest absolute Gasteiger partial charge is 0.337 e. The first-order valence-electron chi connectivity index (χ1n) is 10.9. The Morgan fingerprint density at radius 1 is 1.12 bits per heavy atom. The lowest BCUT2D eigenvalue weighted by molar-refractivity contribution is -0.151. The Labute approximate surface area is 193 Å². The third-order valence-electron chi connectivity index (χ3n) is 6.05. The Morgan fingerprint density at radius 3 is 2.39 bits per heavy atom. The highest BCUT2D eigenvalue weighted by molar-refractivity contribution is 6.12. The number of carbonyl (C=O) groups is 3. The second-order valence-electron chi connectivity index (χ2n) is 8.60. The monoisotopic (exact) mass is 457 g/mol. The minimum Gasteiger partial charge on any atom is -0.497 e. The van der Waals surface area contributed by atoms with Gasteiger partial charge in [0.25, 0.3) is 0 Å². The predicted octanol–water partition coefficient (Wildman–Crippen LogP) is 3.27. The van der Waals surface area contributed by atoms with E-state index in [1.807, 2.05) is 6.92 Å². The van der Waals surface area contributed by atoms with Crippen LogP contribution in [0.25, 0.3) is 0 Å². The maximum atomic E-state index is 13.8. The molecule has 33 heavy (non-hydrogen) atoms. The second-order valence-corrected chi connectivity index (χ2v) is 8.60. The maximum Gasteiger partial charge on any atom is 0.337 e. The number of allylic oxidation sites excluding steroid dienone is 3. The van der Waals surface area contributed by atoms with Crippen molar-refractivity contribution in [1.82, 2.24) is 5.32 Å². The van der Waals surface area contributed by atoms with Gasteiger partial charge in [0.15, 0.2) is 5.78 Å². The fraction of sp³-hybridized carbons (Fsp3) is 0.480. The number of ketones is 1. The van der Waals surface area contributed by atoms with E-state index in [9.17, 15) is 14.4 Å². The van der Waals surface area contributed by atoms with E-state index < -0.39 is 23.8 Å². The highest BCUT2D eigenvalue weighted by Gasteiger charge is 2.48. The maximum absolute atomic E-state index is 13.8. The van der Waals surface area contributed by atoms with Gasteiger partial charge in [0.05, 0.1) is 38.9 Å². The van der Waals surface area contributed by atoms with Crippen LogP contribution < -0.4 is 14.8 Å². The molecule has 1 aliphatic carbocycles. The number of ether oxygens (including phenoxy) is 4. The van der Waals surface area contributed by atoms with Crippen LogP contribution in [-0.2, 0) is 23.9 Å². The van der Waals surface area contributed by atoms with Crippen LogP contribution in [0.3, 0.4) is 0 Å².